The summed E-state index contributed by atoms with van der Waals surface area (Å²) in [6.45, 7) is 11.7. The number of carbonyl (C=O) groups excluding carboxylic acids is 4. The highest BCUT2D eigenvalue weighted by Crippen LogP contribution is 2.45. The van der Waals surface area contributed by atoms with Gasteiger partial charge in [0.1, 0.15) is 19.3 Å². The van der Waals surface area contributed by atoms with Gasteiger partial charge >= 0.3 is 39.5 Å². The zero-order valence-corrected chi connectivity index (χ0v) is 59.0. The molecule has 0 fully saturated rings. The van der Waals surface area contributed by atoms with Gasteiger partial charge < -0.3 is 33.8 Å². The third-order valence-corrected chi connectivity index (χ3v) is 17.8. The Hall–Kier alpha value is -1.94. The molecule has 0 radical (unpaired) electrons. The number of phosphoric ester groups is 2. The van der Waals surface area contributed by atoms with Crippen LogP contribution < -0.4 is 0 Å². The molecule has 0 aromatic heterocycles. The highest BCUT2D eigenvalue weighted by atomic mass is 31.2. The summed E-state index contributed by atoms with van der Waals surface area (Å²) in [4.78, 5) is 72.2. The van der Waals surface area contributed by atoms with E-state index in [0.717, 1.165) is 114 Å². The smallest absolute Gasteiger partial charge is 0.462 e. The van der Waals surface area contributed by atoms with Crippen LogP contribution in [0.15, 0.2) is 0 Å². The first-order valence-corrected chi connectivity index (χ1v) is 38.8. The molecule has 0 aromatic carbocycles. The number of phosphoric acid groups is 2. The fourth-order valence-corrected chi connectivity index (χ4v) is 11.9. The molecule has 19 heteroatoms. The van der Waals surface area contributed by atoms with Crippen LogP contribution in [0.2, 0.25) is 0 Å². The lowest BCUT2D eigenvalue weighted by molar-refractivity contribution is -0.161. The maximum Gasteiger partial charge on any atom is 0.472 e. The van der Waals surface area contributed by atoms with Crippen molar-refractivity contribution in [2.45, 2.75) is 362 Å². The van der Waals surface area contributed by atoms with Crippen LogP contribution in [-0.4, -0.2) is 96.7 Å². The SMILES string of the molecule is CCCCCCCC(=O)OC[C@H](COP(=O)(O)OC[C@H](O)COP(=O)(O)OC[C@@H](COC(=O)CCCCCCCCCCCCC(C)C)OC(=O)CCCCCCCCCCCCCCCCCCC(C)C)OC(=O)CCCCCCCCCCC(C)C. The lowest BCUT2D eigenvalue weighted by Gasteiger charge is -2.21. The average molecular weight is 1300 g/mol. The second-order valence-corrected chi connectivity index (χ2v) is 29.3. The van der Waals surface area contributed by atoms with Crippen LogP contribution in [0.1, 0.15) is 344 Å². The van der Waals surface area contributed by atoms with Gasteiger partial charge in [0.25, 0.3) is 0 Å². The second-order valence-electron chi connectivity index (χ2n) is 26.3. The lowest BCUT2D eigenvalue weighted by Crippen LogP contribution is -2.30. The van der Waals surface area contributed by atoms with E-state index in [9.17, 15) is 43.2 Å². The summed E-state index contributed by atoms with van der Waals surface area (Å²) in [5.74, 6) is 0.146. The van der Waals surface area contributed by atoms with Gasteiger partial charge in [-0.25, -0.2) is 9.13 Å². The minimum atomic E-state index is -4.95. The van der Waals surface area contributed by atoms with E-state index in [-0.39, 0.29) is 25.7 Å². The quantitative estimate of drug-likeness (QED) is 0.0222. The molecule has 0 rings (SSSR count). The molecule has 3 N–H and O–H groups in total. The monoisotopic (exact) mass is 1300 g/mol. The highest BCUT2D eigenvalue weighted by molar-refractivity contribution is 7.47. The van der Waals surface area contributed by atoms with Gasteiger partial charge in [0.05, 0.1) is 26.4 Å². The van der Waals surface area contributed by atoms with E-state index in [4.69, 9.17) is 37.0 Å². The number of unbranched alkanes of at least 4 members (excludes halogenated alkanes) is 35. The van der Waals surface area contributed by atoms with Gasteiger partial charge in [0.15, 0.2) is 12.2 Å². The predicted molar refractivity (Wildman–Crippen MR) is 354 cm³/mol. The predicted octanol–water partition coefficient (Wildman–Crippen LogP) is 19.5. The average Bonchev–Trinajstić information content (AvgIpc) is 3.56. The molecule has 88 heavy (non-hydrogen) atoms. The summed E-state index contributed by atoms with van der Waals surface area (Å²) in [5.41, 5.74) is 0. The van der Waals surface area contributed by atoms with Gasteiger partial charge in [-0.2, -0.15) is 0 Å². The highest BCUT2D eigenvalue weighted by Gasteiger charge is 2.30. The van der Waals surface area contributed by atoms with Gasteiger partial charge in [0.2, 0.25) is 0 Å². The number of esters is 4. The number of hydrogen-bond donors (Lipinski definition) is 3. The Kier molecular flexibility index (Phi) is 58.7. The molecular weight excluding hydrogens is 1160 g/mol. The number of hydrogen-bond acceptors (Lipinski definition) is 15. The first kappa shape index (κ1) is 86.1. The molecule has 17 nitrogen and oxygen atoms in total. The van der Waals surface area contributed by atoms with Crippen molar-refractivity contribution in [1.82, 2.24) is 0 Å². The van der Waals surface area contributed by atoms with Crippen LogP contribution in [-0.2, 0) is 65.4 Å². The van der Waals surface area contributed by atoms with Crippen molar-refractivity contribution in [3.8, 4) is 0 Å². The molecule has 0 bridgehead atoms. The number of aliphatic hydroxyl groups excluding tert-OH is 1. The zero-order chi connectivity index (χ0) is 65.2. The van der Waals surface area contributed by atoms with Crippen molar-refractivity contribution in [2.24, 2.45) is 17.8 Å². The third kappa shape index (κ3) is 62.8. The van der Waals surface area contributed by atoms with E-state index in [0.29, 0.717) is 25.7 Å². The summed E-state index contributed by atoms with van der Waals surface area (Å²) in [5, 5.41) is 10.5. The normalized spacial score (nSPS) is 14.2. The Morgan fingerprint density at radius 2 is 0.523 bits per heavy atom. The van der Waals surface area contributed by atoms with Crippen LogP contribution in [0.4, 0.5) is 0 Å². The third-order valence-electron chi connectivity index (χ3n) is 15.9. The Balaban J connectivity index is 5.15. The molecule has 522 valence electrons. The molecule has 0 aliphatic carbocycles. The van der Waals surface area contributed by atoms with Crippen LogP contribution >= 0.6 is 15.6 Å². The molecule has 0 amide bonds. The zero-order valence-electron chi connectivity index (χ0n) is 57.2. The summed E-state index contributed by atoms with van der Waals surface area (Å²) >= 11 is 0. The number of ether oxygens (including phenoxy) is 4. The fraction of sp³-hybridized carbons (Fsp3) is 0.942. The van der Waals surface area contributed by atoms with Crippen LogP contribution in [0.5, 0.6) is 0 Å². The maximum absolute atomic E-state index is 13.0. The van der Waals surface area contributed by atoms with E-state index in [1.807, 2.05) is 0 Å². The van der Waals surface area contributed by atoms with E-state index in [2.05, 4.69) is 48.5 Å². The van der Waals surface area contributed by atoms with Crippen molar-refractivity contribution < 1.29 is 80.2 Å². The number of aliphatic hydroxyl groups is 1. The van der Waals surface area contributed by atoms with Crippen molar-refractivity contribution in [3.05, 3.63) is 0 Å². The molecule has 0 aromatic rings. The first-order valence-electron chi connectivity index (χ1n) is 35.8. The molecule has 5 atom stereocenters. The molecule has 0 saturated carbocycles. The van der Waals surface area contributed by atoms with Crippen molar-refractivity contribution >= 4 is 39.5 Å². The van der Waals surface area contributed by atoms with Crippen molar-refractivity contribution in [3.63, 3.8) is 0 Å². The van der Waals surface area contributed by atoms with Gasteiger partial charge in [-0.1, -0.05) is 292 Å². The Morgan fingerprint density at radius 3 is 0.773 bits per heavy atom. The Morgan fingerprint density at radius 1 is 0.307 bits per heavy atom. The minimum Gasteiger partial charge on any atom is -0.462 e. The van der Waals surface area contributed by atoms with E-state index >= 15 is 0 Å². The summed E-state index contributed by atoms with van der Waals surface area (Å²) < 4.78 is 68.0. The van der Waals surface area contributed by atoms with Gasteiger partial charge in [0, 0.05) is 25.7 Å². The molecule has 0 aliphatic heterocycles. The number of rotatable bonds is 67. The molecule has 0 heterocycles. The molecular formula is C69H134O17P2. The minimum absolute atomic E-state index is 0.103. The lowest BCUT2D eigenvalue weighted by atomic mass is 10.0. The fourth-order valence-electron chi connectivity index (χ4n) is 10.4. The standard InChI is InChI=1S/C69H134O17P2/c1-8-9-10-33-43-50-66(71)79-56-64(85-69(74)53-46-39-32-26-25-29-36-42-49-62(6)7)58-83-87(75,76)81-54-63(70)55-82-88(77,78)84-59-65(57-80-67(72)51-44-37-30-23-20-19-22-28-35-41-48-61(4)5)86-68(73)52-45-38-31-24-18-16-14-12-11-13-15-17-21-27-34-40-47-60(2)3/h60-65,70H,8-59H2,1-7H3,(H,75,76)(H,77,78)/t63-,64+,65+/m0/s1. The van der Waals surface area contributed by atoms with E-state index in [1.54, 1.807) is 0 Å². The Bertz CT molecular complexity index is 1730. The van der Waals surface area contributed by atoms with Crippen LogP contribution in [0.25, 0.3) is 0 Å². The first-order chi connectivity index (χ1) is 42.2. The maximum atomic E-state index is 13.0. The molecule has 0 aliphatic rings. The number of carbonyl (C=O) groups is 4. The van der Waals surface area contributed by atoms with Crippen molar-refractivity contribution in [2.75, 3.05) is 39.6 Å². The molecule has 2 unspecified atom stereocenters. The van der Waals surface area contributed by atoms with Gasteiger partial charge in [-0.3, -0.25) is 37.3 Å². The van der Waals surface area contributed by atoms with Gasteiger partial charge in [-0.05, 0) is 43.4 Å². The summed E-state index contributed by atoms with van der Waals surface area (Å²) in [6, 6.07) is 0. The Labute approximate surface area is 537 Å². The topological polar surface area (TPSA) is 237 Å². The largest absolute Gasteiger partial charge is 0.472 e. The summed E-state index contributed by atoms with van der Waals surface area (Å²) in [7, 11) is -9.89. The van der Waals surface area contributed by atoms with E-state index in [1.165, 1.54) is 148 Å². The van der Waals surface area contributed by atoms with Crippen LogP contribution in [0.3, 0.4) is 0 Å². The second kappa shape index (κ2) is 60.0. The summed E-state index contributed by atoms with van der Waals surface area (Å²) in [6.07, 6.45) is 43.5. The van der Waals surface area contributed by atoms with E-state index < -0.39 is 97.5 Å². The van der Waals surface area contributed by atoms with Crippen LogP contribution in [0, 0.1) is 17.8 Å². The van der Waals surface area contributed by atoms with Gasteiger partial charge in [-0.15, -0.1) is 0 Å². The molecule has 0 spiro atoms. The van der Waals surface area contributed by atoms with Crippen molar-refractivity contribution in [1.29, 1.82) is 0 Å². The molecule has 0 saturated heterocycles.